The zero-order valence-electron chi connectivity index (χ0n) is 12.0. The summed E-state index contributed by atoms with van der Waals surface area (Å²) in [5, 5.41) is 0. The Morgan fingerprint density at radius 3 is 2.15 bits per heavy atom. The number of sulfonamides is 1. The Hall–Kier alpha value is -1.05. The van der Waals surface area contributed by atoms with Crippen molar-refractivity contribution >= 4 is 27.2 Å². The highest BCUT2D eigenvalue weighted by Gasteiger charge is 2.30. The zero-order valence-corrected chi connectivity index (χ0v) is 13.6. The first-order chi connectivity index (χ1) is 9.07. The lowest BCUT2D eigenvalue weighted by Crippen LogP contribution is -2.42. The molecule has 0 saturated carbocycles. The molecule has 0 atom stereocenters. The van der Waals surface area contributed by atoms with E-state index in [1.165, 1.54) is 16.4 Å². The van der Waals surface area contributed by atoms with Gasteiger partial charge in [-0.05, 0) is 51.0 Å². The molecule has 0 amide bonds. The summed E-state index contributed by atoms with van der Waals surface area (Å²) in [5.74, 6) is -0.454. The maximum absolute atomic E-state index is 13.3. The molecule has 7 heteroatoms. The van der Waals surface area contributed by atoms with Crippen LogP contribution in [0.3, 0.4) is 0 Å². The predicted octanol–water partition coefficient (Wildman–Crippen LogP) is 2.13. The Kier molecular flexibility index (Phi) is 5.23. The monoisotopic (exact) mass is 318 g/mol. The fourth-order valence-corrected chi connectivity index (χ4v) is 4.37. The highest BCUT2D eigenvalue weighted by atomic mass is 32.2. The quantitative estimate of drug-likeness (QED) is 0.845. The van der Waals surface area contributed by atoms with E-state index in [-0.39, 0.29) is 22.5 Å². The molecule has 0 aliphatic heterocycles. The number of aryl methyl sites for hydroxylation is 2. The second-order valence-corrected chi connectivity index (χ2v) is 7.33. The minimum atomic E-state index is -3.77. The Morgan fingerprint density at radius 2 is 1.80 bits per heavy atom. The van der Waals surface area contributed by atoms with E-state index < -0.39 is 15.8 Å². The van der Waals surface area contributed by atoms with Gasteiger partial charge in [0.2, 0.25) is 10.0 Å². The van der Waals surface area contributed by atoms with Crippen molar-refractivity contribution in [1.82, 2.24) is 4.31 Å². The molecule has 112 valence electrons. The molecule has 1 aromatic carbocycles. The molecule has 2 N–H and O–H groups in total. The third kappa shape index (κ3) is 3.53. The largest absolute Gasteiger partial charge is 0.392 e. The molecule has 0 aliphatic rings. The molecule has 20 heavy (non-hydrogen) atoms. The number of halogens is 1. The highest BCUT2D eigenvalue weighted by molar-refractivity contribution is 7.89. The van der Waals surface area contributed by atoms with Gasteiger partial charge in [-0.3, -0.25) is 0 Å². The van der Waals surface area contributed by atoms with Gasteiger partial charge in [-0.2, -0.15) is 4.31 Å². The van der Waals surface area contributed by atoms with Crippen molar-refractivity contribution in [2.45, 2.75) is 38.6 Å². The number of rotatable bonds is 5. The van der Waals surface area contributed by atoms with Gasteiger partial charge in [0.25, 0.3) is 0 Å². The summed E-state index contributed by atoms with van der Waals surface area (Å²) in [7, 11) is -3.77. The number of hydrogen-bond acceptors (Lipinski definition) is 3. The first-order valence-electron chi connectivity index (χ1n) is 6.14. The van der Waals surface area contributed by atoms with Gasteiger partial charge in [-0.15, -0.1) is 0 Å². The molecule has 0 saturated heterocycles. The second kappa shape index (κ2) is 6.15. The number of hydrogen-bond donors (Lipinski definition) is 1. The van der Waals surface area contributed by atoms with Crippen molar-refractivity contribution in [3.8, 4) is 0 Å². The van der Waals surface area contributed by atoms with Crippen LogP contribution in [0.15, 0.2) is 17.0 Å². The standard InChI is InChI=1S/C13H19FN2O2S2/c1-8(2)16(7-12(15)19)20(17,18)13-9(3)5-11(14)6-10(13)4/h5-6,8H,7H2,1-4H3,(H2,15,19). The first kappa shape index (κ1) is 17.0. The Bertz CT molecular complexity index is 604. The third-order valence-corrected chi connectivity index (χ3v) is 5.34. The minimum absolute atomic E-state index is 0.0361. The van der Waals surface area contributed by atoms with Crippen LogP contribution in [-0.4, -0.2) is 30.3 Å². The summed E-state index contributed by atoms with van der Waals surface area (Å²) in [6.07, 6.45) is 0. The van der Waals surface area contributed by atoms with Crippen molar-refractivity contribution in [2.24, 2.45) is 5.73 Å². The van der Waals surface area contributed by atoms with E-state index in [0.717, 1.165) is 0 Å². The molecular weight excluding hydrogens is 299 g/mol. The molecular formula is C13H19FN2O2S2. The normalized spacial score (nSPS) is 12.2. The van der Waals surface area contributed by atoms with Crippen molar-refractivity contribution < 1.29 is 12.8 Å². The number of thiocarbonyl (C=S) groups is 1. The molecule has 0 aromatic heterocycles. The van der Waals surface area contributed by atoms with E-state index in [1.54, 1.807) is 27.7 Å². The van der Waals surface area contributed by atoms with E-state index in [2.05, 4.69) is 0 Å². The molecule has 1 rings (SSSR count). The molecule has 0 aliphatic carbocycles. The van der Waals surface area contributed by atoms with Gasteiger partial charge < -0.3 is 5.73 Å². The maximum Gasteiger partial charge on any atom is 0.244 e. The highest BCUT2D eigenvalue weighted by Crippen LogP contribution is 2.26. The van der Waals surface area contributed by atoms with Crippen LogP contribution in [0.5, 0.6) is 0 Å². The van der Waals surface area contributed by atoms with E-state index in [1.807, 2.05) is 0 Å². The Balaban J connectivity index is 3.45. The summed E-state index contributed by atoms with van der Waals surface area (Å²) in [4.78, 5) is 0.212. The Labute approximate surface area is 124 Å². The van der Waals surface area contributed by atoms with Crippen molar-refractivity contribution in [1.29, 1.82) is 0 Å². The summed E-state index contributed by atoms with van der Waals surface area (Å²) >= 11 is 4.81. The first-order valence-corrected chi connectivity index (χ1v) is 7.99. The maximum atomic E-state index is 13.3. The van der Waals surface area contributed by atoms with Crippen LogP contribution < -0.4 is 5.73 Å². The molecule has 0 heterocycles. The Morgan fingerprint density at radius 1 is 1.35 bits per heavy atom. The molecule has 4 nitrogen and oxygen atoms in total. The van der Waals surface area contributed by atoms with Crippen molar-refractivity contribution in [2.75, 3.05) is 6.54 Å². The predicted molar refractivity (Wildman–Crippen MR) is 81.7 cm³/mol. The van der Waals surface area contributed by atoms with Gasteiger partial charge in [0.1, 0.15) is 5.82 Å². The van der Waals surface area contributed by atoms with Crippen LogP contribution in [0.4, 0.5) is 4.39 Å². The van der Waals surface area contributed by atoms with Gasteiger partial charge in [0.15, 0.2) is 0 Å². The molecule has 0 unspecified atom stereocenters. The summed E-state index contributed by atoms with van der Waals surface area (Å²) < 4.78 is 40.0. The molecule has 0 radical (unpaired) electrons. The van der Waals surface area contributed by atoms with Crippen LogP contribution in [0.1, 0.15) is 25.0 Å². The van der Waals surface area contributed by atoms with Crippen LogP contribution in [0.25, 0.3) is 0 Å². The minimum Gasteiger partial charge on any atom is -0.392 e. The smallest absolute Gasteiger partial charge is 0.244 e. The lowest BCUT2D eigenvalue weighted by molar-refractivity contribution is 0.390. The van der Waals surface area contributed by atoms with Crippen LogP contribution in [0, 0.1) is 19.7 Å². The van der Waals surface area contributed by atoms with Gasteiger partial charge in [-0.1, -0.05) is 12.2 Å². The average Bonchev–Trinajstić information content (AvgIpc) is 2.22. The lowest BCUT2D eigenvalue weighted by atomic mass is 10.1. The van der Waals surface area contributed by atoms with Gasteiger partial charge in [0, 0.05) is 6.04 Å². The number of nitrogens with zero attached hydrogens (tertiary/aromatic N) is 1. The fraction of sp³-hybridized carbons (Fsp3) is 0.462. The second-order valence-electron chi connectivity index (χ2n) is 4.98. The van der Waals surface area contributed by atoms with E-state index in [0.29, 0.717) is 11.1 Å². The summed E-state index contributed by atoms with van der Waals surface area (Å²) in [5.41, 5.74) is 6.21. The van der Waals surface area contributed by atoms with E-state index in [4.69, 9.17) is 18.0 Å². The molecule has 0 spiro atoms. The summed E-state index contributed by atoms with van der Waals surface area (Å²) in [6.45, 7) is 6.59. The SMILES string of the molecule is Cc1cc(F)cc(C)c1S(=O)(=O)N(CC(N)=S)C(C)C. The van der Waals surface area contributed by atoms with Crippen LogP contribution >= 0.6 is 12.2 Å². The van der Waals surface area contributed by atoms with Crippen LogP contribution in [-0.2, 0) is 10.0 Å². The van der Waals surface area contributed by atoms with Crippen molar-refractivity contribution in [3.63, 3.8) is 0 Å². The summed E-state index contributed by atoms with van der Waals surface area (Å²) in [6, 6.07) is 2.11. The van der Waals surface area contributed by atoms with E-state index in [9.17, 15) is 12.8 Å². The molecule has 0 fully saturated rings. The van der Waals surface area contributed by atoms with Crippen LogP contribution in [0.2, 0.25) is 0 Å². The third-order valence-electron chi connectivity index (χ3n) is 2.88. The van der Waals surface area contributed by atoms with Gasteiger partial charge in [-0.25, -0.2) is 12.8 Å². The lowest BCUT2D eigenvalue weighted by Gasteiger charge is -2.27. The number of nitrogens with two attached hydrogens (primary N) is 1. The fourth-order valence-electron chi connectivity index (χ4n) is 2.12. The van der Waals surface area contributed by atoms with Gasteiger partial charge in [0.05, 0.1) is 16.4 Å². The topological polar surface area (TPSA) is 63.4 Å². The number of benzene rings is 1. The van der Waals surface area contributed by atoms with Crippen molar-refractivity contribution in [3.05, 3.63) is 29.1 Å². The molecule has 0 bridgehead atoms. The zero-order chi connectivity index (χ0) is 15.7. The average molecular weight is 318 g/mol. The molecule has 1 aromatic rings. The van der Waals surface area contributed by atoms with Gasteiger partial charge >= 0.3 is 0 Å². The van der Waals surface area contributed by atoms with E-state index >= 15 is 0 Å².